The van der Waals surface area contributed by atoms with Crippen LogP contribution in [0, 0.1) is 5.82 Å². The van der Waals surface area contributed by atoms with Gasteiger partial charge in [0.2, 0.25) is 5.91 Å². The van der Waals surface area contributed by atoms with Crippen molar-refractivity contribution in [1.29, 1.82) is 0 Å². The van der Waals surface area contributed by atoms with Crippen LogP contribution in [0.25, 0.3) is 0 Å². The van der Waals surface area contributed by atoms with Crippen molar-refractivity contribution in [3.8, 4) is 0 Å². The van der Waals surface area contributed by atoms with Crippen LogP contribution in [0.3, 0.4) is 0 Å². The van der Waals surface area contributed by atoms with E-state index in [4.69, 9.17) is 0 Å². The molecule has 108 valence electrons. The second-order valence-electron chi connectivity index (χ2n) is 4.87. The molecule has 0 aliphatic carbocycles. The van der Waals surface area contributed by atoms with Crippen LogP contribution in [0.2, 0.25) is 0 Å². The van der Waals surface area contributed by atoms with E-state index in [-0.39, 0.29) is 18.4 Å². The first-order valence-corrected chi connectivity index (χ1v) is 7.26. The molecule has 2 rings (SSSR count). The Bertz CT molecular complexity index is 530. The van der Waals surface area contributed by atoms with Gasteiger partial charge in [0.25, 0.3) is 5.91 Å². The number of likely N-dealkylation sites (N-methyl/N-ethyl adjacent to an activating group) is 1. The van der Waals surface area contributed by atoms with E-state index in [1.807, 2.05) is 0 Å². The zero-order chi connectivity index (χ0) is 14.7. The van der Waals surface area contributed by atoms with Crippen molar-refractivity contribution in [1.82, 2.24) is 9.80 Å². The summed E-state index contributed by atoms with van der Waals surface area (Å²) in [5, 5.41) is 0. The van der Waals surface area contributed by atoms with Crippen LogP contribution in [0.15, 0.2) is 22.7 Å². The summed E-state index contributed by atoms with van der Waals surface area (Å²) >= 11 is 3.17. The quantitative estimate of drug-likeness (QED) is 0.845. The second-order valence-corrected chi connectivity index (χ2v) is 5.73. The molecule has 2 amide bonds. The molecule has 0 unspecified atom stereocenters. The molecular weight excluding hydrogens is 327 g/mol. The number of rotatable bonds is 3. The fraction of sp³-hybridized carbons (Fsp3) is 0.429. The second kappa shape index (κ2) is 6.35. The molecule has 6 heteroatoms. The van der Waals surface area contributed by atoms with Gasteiger partial charge in [-0.1, -0.05) is 0 Å². The van der Waals surface area contributed by atoms with Crippen molar-refractivity contribution in [3.05, 3.63) is 34.1 Å². The standard InChI is InChI=1S/C14H16BrFN2O2/c1-17(9-13(19)18-6-2-3-7-18)14(20)11-5-4-10(16)8-12(11)15/h4-5,8H,2-3,6-7,9H2,1H3. The van der Waals surface area contributed by atoms with E-state index in [0.717, 1.165) is 25.9 Å². The average molecular weight is 343 g/mol. The van der Waals surface area contributed by atoms with E-state index in [0.29, 0.717) is 10.0 Å². The first kappa shape index (κ1) is 15.0. The predicted octanol–water partition coefficient (Wildman–Crippen LogP) is 2.28. The molecule has 1 aromatic rings. The third kappa shape index (κ3) is 3.36. The zero-order valence-electron chi connectivity index (χ0n) is 11.2. The van der Waals surface area contributed by atoms with Crippen molar-refractivity contribution >= 4 is 27.7 Å². The normalized spacial score (nSPS) is 14.4. The number of hydrogen-bond donors (Lipinski definition) is 0. The number of halogens is 2. The van der Waals surface area contributed by atoms with E-state index in [2.05, 4.69) is 15.9 Å². The minimum absolute atomic E-state index is 0.0443. The monoisotopic (exact) mass is 342 g/mol. The Morgan fingerprint density at radius 3 is 2.60 bits per heavy atom. The van der Waals surface area contributed by atoms with Crippen LogP contribution in [0.5, 0.6) is 0 Å². The van der Waals surface area contributed by atoms with Gasteiger partial charge in [-0.05, 0) is 47.0 Å². The highest BCUT2D eigenvalue weighted by molar-refractivity contribution is 9.10. The minimum Gasteiger partial charge on any atom is -0.341 e. The molecule has 1 aromatic carbocycles. The summed E-state index contributed by atoms with van der Waals surface area (Å²) in [4.78, 5) is 27.3. The highest BCUT2D eigenvalue weighted by Crippen LogP contribution is 2.19. The predicted molar refractivity (Wildman–Crippen MR) is 76.9 cm³/mol. The minimum atomic E-state index is -0.413. The Balaban J connectivity index is 2.02. The van der Waals surface area contributed by atoms with Crippen LogP contribution in [0.1, 0.15) is 23.2 Å². The van der Waals surface area contributed by atoms with Crippen LogP contribution in [0.4, 0.5) is 4.39 Å². The van der Waals surface area contributed by atoms with Crippen LogP contribution < -0.4 is 0 Å². The maximum absolute atomic E-state index is 13.0. The SMILES string of the molecule is CN(CC(=O)N1CCCC1)C(=O)c1ccc(F)cc1Br. The van der Waals surface area contributed by atoms with Crippen molar-refractivity contribution in [2.24, 2.45) is 0 Å². The molecule has 0 bridgehead atoms. The molecule has 1 aliphatic heterocycles. The van der Waals surface area contributed by atoms with E-state index in [9.17, 15) is 14.0 Å². The Morgan fingerprint density at radius 1 is 1.35 bits per heavy atom. The van der Waals surface area contributed by atoms with Crippen molar-refractivity contribution < 1.29 is 14.0 Å². The average Bonchev–Trinajstić information content (AvgIpc) is 2.91. The molecule has 0 spiro atoms. The molecule has 1 aliphatic rings. The van der Waals surface area contributed by atoms with Crippen molar-refractivity contribution in [2.45, 2.75) is 12.8 Å². The molecule has 4 nitrogen and oxygen atoms in total. The lowest BCUT2D eigenvalue weighted by molar-refractivity contribution is -0.130. The summed E-state index contributed by atoms with van der Waals surface area (Å²) in [7, 11) is 1.58. The van der Waals surface area contributed by atoms with Gasteiger partial charge in [-0.2, -0.15) is 0 Å². The Labute approximate surface area is 125 Å². The summed E-state index contributed by atoms with van der Waals surface area (Å²) in [6.45, 7) is 1.57. The van der Waals surface area contributed by atoms with Crippen molar-refractivity contribution in [3.63, 3.8) is 0 Å². The third-order valence-electron chi connectivity index (χ3n) is 3.34. The molecule has 0 N–H and O–H groups in total. The smallest absolute Gasteiger partial charge is 0.255 e. The lowest BCUT2D eigenvalue weighted by Gasteiger charge is -2.21. The van der Waals surface area contributed by atoms with Crippen LogP contribution >= 0.6 is 15.9 Å². The largest absolute Gasteiger partial charge is 0.341 e. The molecule has 1 saturated heterocycles. The van der Waals surface area contributed by atoms with Gasteiger partial charge in [-0.3, -0.25) is 9.59 Å². The highest BCUT2D eigenvalue weighted by atomic mass is 79.9. The summed E-state index contributed by atoms with van der Waals surface area (Å²) in [5.41, 5.74) is 0.350. The zero-order valence-corrected chi connectivity index (χ0v) is 12.8. The summed E-state index contributed by atoms with van der Waals surface area (Å²) in [5.74, 6) is -0.759. The first-order chi connectivity index (χ1) is 9.49. The number of benzene rings is 1. The van der Waals surface area contributed by atoms with Gasteiger partial charge in [0.1, 0.15) is 5.82 Å². The van der Waals surface area contributed by atoms with Crippen LogP contribution in [-0.2, 0) is 4.79 Å². The van der Waals surface area contributed by atoms with Gasteiger partial charge in [0, 0.05) is 24.6 Å². The molecule has 0 aromatic heterocycles. The van der Waals surface area contributed by atoms with Gasteiger partial charge in [-0.25, -0.2) is 4.39 Å². The van der Waals surface area contributed by atoms with E-state index in [1.54, 1.807) is 11.9 Å². The molecule has 0 saturated carbocycles. The number of hydrogen-bond acceptors (Lipinski definition) is 2. The molecule has 0 atom stereocenters. The Kier molecular flexibility index (Phi) is 4.75. The lowest BCUT2D eigenvalue weighted by Crippen LogP contribution is -2.39. The number of carbonyl (C=O) groups excluding carboxylic acids is 2. The lowest BCUT2D eigenvalue weighted by atomic mass is 10.2. The number of carbonyl (C=O) groups is 2. The van der Waals surface area contributed by atoms with E-state index >= 15 is 0 Å². The van der Waals surface area contributed by atoms with Gasteiger partial charge in [-0.15, -0.1) is 0 Å². The maximum atomic E-state index is 13.0. The fourth-order valence-electron chi connectivity index (χ4n) is 2.21. The summed E-state index contributed by atoms with van der Waals surface area (Å²) in [6.07, 6.45) is 2.04. The van der Waals surface area contributed by atoms with E-state index < -0.39 is 5.82 Å². The highest BCUT2D eigenvalue weighted by Gasteiger charge is 2.22. The number of likely N-dealkylation sites (tertiary alicyclic amines) is 1. The van der Waals surface area contributed by atoms with E-state index in [1.165, 1.54) is 23.1 Å². The van der Waals surface area contributed by atoms with Gasteiger partial charge < -0.3 is 9.80 Å². The third-order valence-corrected chi connectivity index (χ3v) is 4.00. The van der Waals surface area contributed by atoms with Gasteiger partial charge in [0.05, 0.1) is 12.1 Å². The van der Waals surface area contributed by atoms with Crippen LogP contribution in [-0.4, -0.2) is 48.3 Å². The number of nitrogens with zero attached hydrogens (tertiary/aromatic N) is 2. The molecule has 1 heterocycles. The Hall–Kier alpha value is -1.43. The molecule has 0 radical (unpaired) electrons. The summed E-state index contributed by atoms with van der Waals surface area (Å²) < 4.78 is 13.4. The Morgan fingerprint density at radius 2 is 2.00 bits per heavy atom. The molecule has 20 heavy (non-hydrogen) atoms. The molecule has 1 fully saturated rings. The number of amides is 2. The van der Waals surface area contributed by atoms with Gasteiger partial charge in [0.15, 0.2) is 0 Å². The fourth-order valence-corrected chi connectivity index (χ4v) is 2.73. The van der Waals surface area contributed by atoms with Crippen molar-refractivity contribution in [2.75, 3.05) is 26.7 Å². The topological polar surface area (TPSA) is 40.6 Å². The molecular formula is C14H16BrFN2O2. The van der Waals surface area contributed by atoms with Gasteiger partial charge >= 0.3 is 0 Å². The maximum Gasteiger partial charge on any atom is 0.255 e. The summed E-state index contributed by atoms with van der Waals surface area (Å²) in [6, 6.07) is 3.88. The first-order valence-electron chi connectivity index (χ1n) is 6.47.